The van der Waals surface area contributed by atoms with E-state index in [0.29, 0.717) is 40.3 Å². The Kier molecular flexibility index (Phi) is 5.11. The van der Waals surface area contributed by atoms with E-state index in [-0.39, 0.29) is 12.1 Å². The van der Waals surface area contributed by atoms with Crippen LogP contribution in [0.3, 0.4) is 0 Å². The molecule has 2 aliphatic carbocycles. The van der Waals surface area contributed by atoms with Crippen molar-refractivity contribution < 1.29 is 9.32 Å². The fourth-order valence-electron chi connectivity index (χ4n) is 5.49. The summed E-state index contributed by atoms with van der Waals surface area (Å²) in [4.78, 5) is 21.6. The summed E-state index contributed by atoms with van der Waals surface area (Å²) in [5, 5.41) is 14.0. The van der Waals surface area contributed by atoms with Crippen LogP contribution in [0.5, 0.6) is 0 Å². The van der Waals surface area contributed by atoms with Gasteiger partial charge in [-0.3, -0.25) is 4.21 Å². The number of nitrogens with one attached hydrogen (secondary N) is 1. The van der Waals surface area contributed by atoms with Crippen molar-refractivity contribution in [3.05, 3.63) is 28.9 Å². The van der Waals surface area contributed by atoms with Gasteiger partial charge in [0.15, 0.2) is 0 Å². The smallest absolute Gasteiger partial charge is 0.227 e. The summed E-state index contributed by atoms with van der Waals surface area (Å²) in [6.07, 6.45) is 8.96. The van der Waals surface area contributed by atoms with E-state index in [4.69, 9.17) is 21.6 Å². The topological polar surface area (TPSA) is 104 Å². The first-order valence-corrected chi connectivity index (χ1v) is 13.2. The molecule has 2 aliphatic heterocycles. The number of hydrogen-bond acceptors (Lipinski definition) is 8. The average molecular weight is 475 g/mol. The lowest BCUT2D eigenvalue weighted by Crippen LogP contribution is -2.49. The molecule has 2 aromatic heterocycles. The number of aryl methyl sites for hydroxylation is 1. The standard InChI is InChI=1S/C22H27ClN6O2S/c23-13-8-24-19(25-9-13)17-14-10-29(11-15(14)17)21-26-16-4-1-2-7-32(31)18(16)20(27-21)28-22(12-30)5-3-6-22/h8-9,14-15,17,30H,1-7,10-12H2,(H,26,27,28). The molecule has 0 aromatic carbocycles. The molecule has 8 nitrogen and oxygen atoms in total. The van der Waals surface area contributed by atoms with E-state index in [1.807, 2.05) is 0 Å². The first kappa shape index (κ1) is 20.7. The van der Waals surface area contributed by atoms with Crippen molar-refractivity contribution in [1.29, 1.82) is 0 Å². The highest BCUT2D eigenvalue weighted by molar-refractivity contribution is 7.85. The van der Waals surface area contributed by atoms with Gasteiger partial charge in [-0.05, 0) is 50.4 Å². The van der Waals surface area contributed by atoms with Gasteiger partial charge in [-0.1, -0.05) is 11.6 Å². The van der Waals surface area contributed by atoms with Crippen LogP contribution in [0, 0.1) is 11.8 Å². The quantitative estimate of drug-likeness (QED) is 0.681. The molecule has 170 valence electrons. The molecule has 3 unspecified atom stereocenters. The second kappa shape index (κ2) is 7.88. The number of aliphatic hydroxyl groups is 1. The van der Waals surface area contributed by atoms with Crippen LogP contribution >= 0.6 is 11.6 Å². The summed E-state index contributed by atoms with van der Waals surface area (Å²) >= 11 is 5.93. The van der Waals surface area contributed by atoms with Gasteiger partial charge in [0.05, 0.1) is 33.7 Å². The van der Waals surface area contributed by atoms with Crippen LogP contribution in [0.25, 0.3) is 0 Å². The molecule has 2 saturated carbocycles. The third-order valence-electron chi connectivity index (χ3n) is 7.56. The highest BCUT2D eigenvalue weighted by atomic mass is 35.5. The van der Waals surface area contributed by atoms with Crippen LogP contribution in [0.15, 0.2) is 17.3 Å². The zero-order chi connectivity index (χ0) is 21.9. The van der Waals surface area contributed by atoms with Gasteiger partial charge in [-0.15, -0.1) is 0 Å². The molecule has 0 amide bonds. The lowest BCUT2D eigenvalue weighted by Gasteiger charge is -2.42. The predicted molar refractivity (Wildman–Crippen MR) is 123 cm³/mol. The molecular formula is C22H27ClN6O2S. The Morgan fingerprint density at radius 3 is 2.56 bits per heavy atom. The molecule has 1 saturated heterocycles. The lowest BCUT2D eigenvalue weighted by atomic mass is 9.77. The second-order valence-electron chi connectivity index (χ2n) is 9.59. The lowest BCUT2D eigenvalue weighted by molar-refractivity contribution is 0.143. The molecule has 2 N–H and O–H groups in total. The van der Waals surface area contributed by atoms with Gasteiger partial charge in [0.1, 0.15) is 16.5 Å². The molecule has 6 rings (SSSR count). The third kappa shape index (κ3) is 3.49. The van der Waals surface area contributed by atoms with E-state index in [0.717, 1.165) is 68.0 Å². The van der Waals surface area contributed by atoms with Crippen LogP contribution in [0.2, 0.25) is 5.02 Å². The number of aromatic nitrogens is 4. The van der Waals surface area contributed by atoms with Crippen molar-refractivity contribution in [2.45, 2.75) is 54.9 Å². The van der Waals surface area contributed by atoms with E-state index >= 15 is 0 Å². The Bertz CT molecular complexity index is 1050. The number of hydrogen-bond donors (Lipinski definition) is 2. The normalized spacial score (nSPS) is 30.1. The number of piperidine rings is 1. The summed E-state index contributed by atoms with van der Waals surface area (Å²) in [6.45, 7) is 1.80. The van der Waals surface area contributed by atoms with Crippen molar-refractivity contribution in [2.75, 3.05) is 35.7 Å². The Hall–Kier alpha value is -1.84. The fourth-order valence-corrected chi connectivity index (χ4v) is 6.98. The van der Waals surface area contributed by atoms with Gasteiger partial charge in [0.2, 0.25) is 5.95 Å². The molecule has 3 fully saturated rings. The van der Waals surface area contributed by atoms with Crippen molar-refractivity contribution in [3.63, 3.8) is 0 Å². The van der Waals surface area contributed by atoms with E-state index in [1.165, 1.54) is 0 Å². The molecule has 0 spiro atoms. The molecule has 0 bridgehead atoms. The Balaban J connectivity index is 1.27. The van der Waals surface area contributed by atoms with Crippen LogP contribution in [-0.2, 0) is 17.2 Å². The van der Waals surface area contributed by atoms with E-state index in [9.17, 15) is 9.32 Å². The minimum Gasteiger partial charge on any atom is -0.394 e. The molecular weight excluding hydrogens is 448 g/mol. The SMILES string of the molecule is O=S1CCCCc2nc(N3CC4C(C3)C4c3ncc(Cl)cn3)nc(NC3(CO)CCC3)c21. The molecule has 32 heavy (non-hydrogen) atoms. The Morgan fingerprint density at radius 2 is 1.91 bits per heavy atom. The number of nitrogens with zero attached hydrogens (tertiary/aromatic N) is 5. The van der Waals surface area contributed by atoms with Crippen LogP contribution in [0.1, 0.15) is 49.5 Å². The van der Waals surface area contributed by atoms with E-state index in [2.05, 4.69) is 20.2 Å². The maximum absolute atomic E-state index is 13.0. The second-order valence-corrected chi connectivity index (χ2v) is 11.5. The predicted octanol–water partition coefficient (Wildman–Crippen LogP) is 2.54. The summed E-state index contributed by atoms with van der Waals surface area (Å²) in [7, 11) is -1.11. The van der Waals surface area contributed by atoms with Gasteiger partial charge in [0.25, 0.3) is 0 Å². The number of fused-ring (bicyclic) bond motifs is 2. The van der Waals surface area contributed by atoms with Gasteiger partial charge in [0, 0.05) is 37.2 Å². The first-order chi connectivity index (χ1) is 15.6. The van der Waals surface area contributed by atoms with Crippen LogP contribution < -0.4 is 10.2 Å². The summed E-state index contributed by atoms with van der Waals surface area (Å²) < 4.78 is 13.0. The maximum Gasteiger partial charge on any atom is 0.227 e. The molecule has 10 heteroatoms. The van der Waals surface area contributed by atoms with Crippen LogP contribution in [0.4, 0.5) is 11.8 Å². The van der Waals surface area contributed by atoms with E-state index < -0.39 is 10.8 Å². The Morgan fingerprint density at radius 1 is 1.16 bits per heavy atom. The van der Waals surface area contributed by atoms with Crippen molar-refractivity contribution >= 4 is 34.2 Å². The summed E-state index contributed by atoms with van der Waals surface area (Å²) in [5.74, 6) is 4.27. The number of halogens is 1. The summed E-state index contributed by atoms with van der Waals surface area (Å²) in [6, 6.07) is 0. The molecule has 2 aromatic rings. The largest absolute Gasteiger partial charge is 0.394 e. The molecule has 4 heterocycles. The molecule has 3 atom stereocenters. The van der Waals surface area contributed by atoms with Gasteiger partial charge < -0.3 is 15.3 Å². The van der Waals surface area contributed by atoms with Crippen molar-refractivity contribution in [3.8, 4) is 0 Å². The van der Waals surface area contributed by atoms with Crippen molar-refractivity contribution in [1.82, 2.24) is 19.9 Å². The maximum atomic E-state index is 13.0. The van der Waals surface area contributed by atoms with Gasteiger partial charge in [-0.2, -0.15) is 4.98 Å². The molecule has 4 aliphatic rings. The summed E-state index contributed by atoms with van der Waals surface area (Å²) in [5.41, 5.74) is 0.555. The van der Waals surface area contributed by atoms with E-state index in [1.54, 1.807) is 12.4 Å². The fraction of sp³-hybridized carbons (Fsp3) is 0.636. The highest BCUT2D eigenvalue weighted by Gasteiger charge is 2.58. The zero-order valence-electron chi connectivity index (χ0n) is 17.8. The van der Waals surface area contributed by atoms with Crippen LogP contribution in [-0.4, -0.2) is 60.2 Å². The van der Waals surface area contributed by atoms with Gasteiger partial charge in [-0.25, -0.2) is 15.0 Å². The Labute approximate surface area is 194 Å². The highest BCUT2D eigenvalue weighted by Crippen LogP contribution is 2.57. The minimum absolute atomic E-state index is 0.0599. The average Bonchev–Trinajstić information content (AvgIpc) is 3.33. The zero-order valence-corrected chi connectivity index (χ0v) is 19.4. The first-order valence-electron chi connectivity index (χ1n) is 11.5. The number of rotatable bonds is 5. The molecule has 0 radical (unpaired) electrons. The van der Waals surface area contributed by atoms with Crippen molar-refractivity contribution in [2.24, 2.45) is 11.8 Å². The minimum atomic E-state index is -1.11. The monoisotopic (exact) mass is 474 g/mol. The third-order valence-corrected chi connectivity index (χ3v) is 9.30. The number of anilines is 2. The van der Waals surface area contributed by atoms with Gasteiger partial charge >= 0.3 is 0 Å². The number of aliphatic hydroxyl groups excluding tert-OH is 1.